The van der Waals surface area contributed by atoms with E-state index < -0.39 is 18.1 Å². The van der Waals surface area contributed by atoms with Crippen LogP contribution in [0, 0.1) is 11.3 Å². The molecule has 31 heavy (non-hydrogen) atoms. The number of carboxylic acid groups (broad SMARTS) is 1. The number of alkyl carbamates (subject to hydrolysis) is 1. The van der Waals surface area contributed by atoms with E-state index in [1.54, 1.807) is 0 Å². The third-order valence-electron chi connectivity index (χ3n) is 5.15. The topological polar surface area (TPSA) is 125 Å². The van der Waals surface area contributed by atoms with Crippen molar-refractivity contribution in [1.82, 2.24) is 15.3 Å². The molecule has 3 aromatic rings. The van der Waals surface area contributed by atoms with Gasteiger partial charge in [-0.25, -0.2) is 14.6 Å². The molecule has 0 fully saturated rings. The molecule has 1 aromatic heterocycles. The summed E-state index contributed by atoms with van der Waals surface area (Å²) in [4.78, 5) is 31.8. The third-order valence-corrected chi connectivity index (χ3v) is 5.15. The number of carboxylic acids is 1. The van der Waals surface area contributed by atoms with Gasteiger partial charge < -0.3 is 15.2 Å². The van der Waals surface area contributed by atoms with Gasteiger partial charge in [-0.3, -0.25) is 4.98 Å². The number of aliphatic carboxylic acids is 1. The first-order valence-corrected chi connectivity index (χ1v) is 9.62. The highest BCUT2D eigenvalue weighted by atomic mass is 16.5. The van der Waals surface area contributed by atoms with Crippen molar-refractivity contribution in [3.8, 4) is 17.2 Å². The zero-order chi connectivity index (χ0) is 21.8. The number of carbonyl (C=O) groups is 2. The maximum Gasteiger partial charge on any atom is 0.407 e. The molecule has 1 atom stereocenters. The lowest BCUT2D eigenvalue weighted by Gasteiger charge is -2.17. The summed E-state index contributed by atoms with van der Waals surface area (Å²) >= 11 is 0. The first-order valence-electron chi connectivity index (χ1n) is 9.62. The van der Waals surface area contributed by atoms with Crippen molar-refractivity contribution in [3.63, 3.8) is 0 Å². The average molecular weight is 414 g/mol. The first-order chi connectivity index (χ1) is 15.1. The van der Waals surface area contributed by atoms with Crippen LogP contribution in [0.1, 0.15) is 28.4 Å². The summed E-state index contributed by atoms with van der Waals surface area (Å²) < 4.78 is 5.40. The van der Waals surface area contributed by atoms with Crippen LogP contribution in [0.3, 0.4) is 0 Å². The largest absolute Gasteiger partial charge is 0.480 e. The van der Waals surface area contributed by atoms with E-state index in [0.717, 1.165) is 22.3 Å². The van der Waals surface area contributed by atoms with Crippen LogP contribution in [0.5, 0.6) is 0 Å². The minimum absolute atomic E-state index is 0.0720. The molecule has 8 heteroatoms. The highest BCUT2D eigenvalue weighted by Crippen LogP contribution is 2.44. The lowest BCUT2D eigenvalue weighted by atomic mass is 9.98. The zero-order valence-electron chi connectivity index (χ0n) is 16.4. The monoisotopic (exact) mass is 414 g/mol. The number of nitrogens with one attached hydrogen (secondary N) is 1. The number of amides is 1. The van der Waals surface area contributed by atoms with Gasteiger partial charge in [0.15, 0.2) is 5.69 Å². The summed E-state index contributed by atoms with van der Waals surface area (Å²) in [7, 11) is 0. The molecule has 2 N–H and O–H groups in total. The molecule has 2 aromatic carbocycles. The lowest BCUT2D eigenvalue weighted by molar-refractivity contribution is -0.139. The Morgan fingerprint density at radius 1 is 1.10 bits per heavy atom. The molecule has 1 unspecified atom stereocenters. The van der Waals surface area contributed by atoms with Crippen LogP contribution < -0.4 is 5.32 Å². The first kappa shape index (κ1) is 20.0. The molecule has 1 amide bonds. The van der Waals surface area contributed by atoms with Gasteiger partial charge in [0.2, 0.25) is 0 Å². The Balaban J connectivity index is 1.43. The van der Waals surface area contributed by atoms with E-state index >= 15 is 0 Å². The maximum absolute atomic E-state index is 12.4. The molecule has 0 spiro atoms. The van der Waals surface area contributed by atoms with Gasteiger partial charge in [-0.1, -0.05) is 48.5 Å². The van der Waals surface area contributed by atoms with E-state index in [1.807, 2.05) is 54.6 Å². The van der Waals surface area contributed by atoms with Crippen LogP contribution in [0.25, 0.3) is 11.1 Å². The van der Waals surface area contributed by atoms with Crippen LogP contribution in [-0.4, -0.2) is 39.8 Å². The molecule has 1 aliphatic carbocycles. The number of nitriles is 1. The summed E-state index contributed by atoms with van der Waals surface area (Å²) in [6.07, 6.45) is 1.68. The molecular formula is C23H18N4O4. The van der Waals surface area contributed by atoms with E-state index in [4.69, 9.17) is 10.00 Å². The Bertz CT molecular complexity index is 1140. The summed E-state index contributed by atoms with van der Waals surface area (Å²) in [5, 5.41) is 20.7. The second-order valence-corrected chi connectivity index (χ2v) is 7.07. The second-order valence-electron chi connectivity index (χ2n) is 7.07. The van der Waals surface area contributed by atoms with Crippen molar-refractivity contribution in [2.45, 2.75) is 18.4 Å². The lowest BCUT2D eigenvalue weighted by Crippen LogP contribution is -2.43. The van der Waals surface area contributed by atoms with Crippen LogP contribution >= 0.6 is 0 Å². The van der Waals surface area contributed by atoms with Gasteiger partial charge in [-0.05, 0) is 22.3 Å². The minimum Gasteiger partial charge on any atom is -0.480 e. The second kappa shape index (κ2) is 8.63. The smallest absolute Gasteiger partial charge is 0.407 e. The number of nitrogens with zero attached hydrogens (tertiary/aromatic N) is 3. The molecule has 4 rings (SSSR count). The fourth-order valence-corrected chi connectivity index (χ4v) is 3.75. The SMILES string of the molecule is N#Cc1cncc(CC(NC(=O)OCC2c3ccccc3-c3ccccc32)C(=O)O)n1. The molecule has 8 nitrogen and oxygen atoms in total. The highest BCUT2D eigenvalue weighted by molar-refractivity contribution is 5.81. The minimum atomic E-state index is -1.26. The van der Waals surface area contributed by atoms with E-state index in [0.29, 0.717) is 0 Å². The third kappa shape index (κ3) is 4.21. The van der Waals surface area contributed by atoms with E-state index in [2.05, 4.69) is 15.3 Å². The normalized spacial score (nSPS) is 12.9. The number of hydrogen-bond acceptors (Lipinski definition) is 6. The van der Waals surface area contributed by atoms with Gasteiger partial charge >= 0.3 is 12.1 Å². The highest BCUT2D eigenvalue weighted by Gasteiger charge is 2.29. The molecular weight excluding hydrogens is 396 g/mol. The van der Waals surface area contributed by atoms with E-state index in [1.165, 1.54) is 12.4 Å². The predicted octanol–water partition coefficient (Wildman–Crippen LogP) is 2.88. The van der Waals surface area contributed by atoms with Crippen LogP contribution in [0.15, 0.2) is 60.9 Å². The van der Waals surface area contributed by atoms with Gasteiger partial charge in [-0.2, -0.15) is 5.26 Å². The molecule has 0 bridgehead atoms. The molecule has 0 saturated carbocycles. The maximum atomic E-state index is 12.4. The van der Waals surface area contributed by atoms with Crippen LogP contribution in [0.2, 0.25) is 0 Å². The number of aromatic nitrogens is 2. The Kier molecular flexibility index (Phi) is 5.58. The fourth-order valence-electron chi connectivity index (χ4n) is 3.75. The van der Waals surface area contributed by atoms with Crippen LogP contribution in [0.4, 0.5) is 4.79 Å². The summed E-state index contributed by atoms with van der Waals surface area (Å²) in [6, 6.07) is 16.5. The van der Waals surface area contributed by atoms with Gasteiger partial charge in [0.05, 0.1) is 11.9 Å². The standard InChI is InChI=1S/C23H18N4O4/c24-10-15-12-25-11-14(26-15)9-21(22(28)29)27-23(30)31-13-20-18-7-3-1-5-16(18)17-6-2-4-8-19(17)20/h1-8,11-12,20-21H,9,13H2,(H,27,30)(H,28,29). The van der Waals surface area contributed by atoms with Crippen molar-refractivity contribution in [2.75, 3.05) is 6.61 Å². The van der Waals surface area contributed by atoms with Crippen molar-refractivity contribution < 1.29 is 19.4 Å². The molecule has 0 saturated heterocycles. The summed E-state index contributed by atoms with van der Waals surface area (Å²) in [5.41, 5.74) is 4.69. The van der Waals surface area contributed by atoms with Gasteiger partial charge in [-0.15, -0.1) is 0 Å². The molecule has 0 radical (unpaired) electrons. The zero-order valence-corrected chi connectivity index (χ0v) is 16.4. The summed E-state index contributed by atoms with van der Waals surface area (Å²) in [5.74, 6) is -1.36. The van der Waals surface area contributed by atoms with E-state index in [9.17, 15) is 14.7 Å². The Morgan fingerprint density at radius 3 is 2.35 bits per heavy atom. The molecule has 154 valence electrons. The average Bonchev–Trinajstić information content (AvgIpc) is 3.11. The van der Waals surface area contributed by atoms with Crippen molar-refractivity contribution in [3.05, 3.63) is 83.4 Å². The number of fused-ring (bicyclic) bond motifs is 3. The quantitative estimate of drug-likeness (QED) is 0.635. The predicted molar refractivity (Wildman–Crippen MR) is 110 cm³/mol. The van der Waals surface area contributed by atoms with Gasteiger partial charge in [0.25, 0.3) is 0 Å². The number of rotatable bonds is 6. The number of hydrogen-bond donors (Lipinski definition) is 2. The van der Waals surface area contributed by atoms with Gasteiger partial charge in [0, 0.05) is 18.5 Å². The number of benzene rings is 2. The Morgan fingerprint density at radius 2 is 1.74 bits per heavy atom. The molecule has 1 heterocycles. The van der Waals surface area contributed by atoms with Gasteiger partial charge in [0.1, 0.15) is 18.7 Å². The van der Waals surface area contributed by atoms with Crippen LogP contribution in [-0.2, 0) is 16.0 Å². The number of ether oxygens (including phenoxy) is 1. The number of carbonyl (C=O) groups excluding carboxylic acids is 1. The van der Waals surface area contributed by atoms with Crippen molar-refractivity contribution in [2.24, 2.45) is 0 Å². The summed E-state index contributed by atoms with van der Waals surface area (Å²) in [6.45, 7) is 0.0793. The molecule has 0 aliphatic heterocycles. The van der Waals surface area contributed by atoms with Crippen molar-refractivity contribution in [1.29, 1.82) is 5.26 Å². The Labute approximate surface area is 178 Å². The fraction of sp³-hybridized carbons (Fsp3) is 0.174. The Hall–Kier alpha value is -4.25. The van der Waals surface area contributed by atoms with Crippen molar-refractivity contribution >= 4 is 12.1 Å². The molecule has 1 aliphatic rings. The van der Waals surface area contributed by atoms with E-state index in [-0.39, 0.29) is 30.3 Å².